The Balaban J connectivity index is 2.25. The molecule has 2 rings (SSSR count). The molecule has 1 atom stereocenters. The Morgan fingerprint density at radius 3 is 2.95 bits per heavy atom. The second kappa shape index (κ2) is 5.71. The van der Waals surface area contributed by atoms with Gasteiger partial charge in [-0.1, -0.05) is 11.6 Å². The molecule has 1 N–H and O–H groups in total. The Bertz CT molecular complexity index is 640. The molecule has 1 heterocycles. The molecular weight excluding hydrogens is 289 g/mol. The van der Waals surface area contributed by atoms with Crippen molar-refractivity contribution in [2.24, 2.45) is 0 Å². The van der Waals surface area contributed by atoms with E-state index < -0.39 is 5.82 Å². The van der Waals surface area contributed by atoms with Gasteiger partial charge in [0.05, 0.1) is 5.02 Å². The third-order valence-corrected chi connectivity index (χ3v) is 3.27. The molecule has 0 aliphatic carbocycles. The van der Waals surface area contributed by atoms with Crippen LogP contribution in [0, 0.1) is 10.6 Å². The Kier molecular flexibility index (Phi) is 4.21. The highest BCUT2D eigenvalue weighted by Crippen LogP contribution is 2.29. The molecule has 102 valence electrons. The van der Waals surface area contributed by atoms with Gasteiger partial charge in [0.1, 0.15) is 11.6 Å². The minimum absolute atomic E-state index is 0.226. The summed E-state index contributed by atoms with van der Waals surface area (Å²) in [7, 11) is 0. The molecule has 0 saturated carbocycles. The van der Waals surface area contributed by atoms with Crippen molar-refractivity contribution in [1.29, 1.82) is 0 Å². The normalized spacial score (nSPS) is 12.4. The van der Waals surface area contributed by atoms with Crippen LogP contribution in [0.4, 0.5) is 4.39 Å². The van der Waals surface area contributed by atoms with Crippen LogP contribution in [-0.2, 0) is 6.54 Å². The second-order valence-corrected chi connectivity index (χ2v) is 4.76. The number of nitrogens with one attached hydrogen (secondary N) is 1. The molecule has 2 aromatic rings. The molecule has 4 nitrogen and oxygen atoms in total. The van der Waals surface area contributed by atoms with Crippen molar-refractivity contribution in [3.63, 3.8) is 0 Å². The summed E-state index contributed by atoms with van der Waals surface area (Å²) in [5, 5.41) is 7.08. The molecule has 1 unspecified atom stereocenters. The second-order valence-electron chi connectivity index (χ2n) is 3.97. The van der Waals surface area contributed by atoms with Crippen molar-refractivity contribution in [2.45, 2.75) is 26.5 Å². The highest BCUT2D eigenvalue weighted by Gasteiger charge is 2.16. The van der Waals surface area contributed by atoms with Crippen molar-refractivity contribution < 1.29 is 9.13 Å². The lowest BCUT2D eigenvalue weighted by Gasteiger charge is -2.15. The molecule has 0 bridgehead atoms. The number of aromatic nitrogens is 3. The van der Waals surface area contributed by atoms with E-state index in [4.69, 9.17) is 28.6 Å². The van der Waals surface area contributed by atoms with Crippen molar-refractivity contribution in [1.82, 2.24) is 14.8 Å². The summed E-state index contributed by atoms with van der Waals surface area (Å²) in [5.74, 6) is 0.682. The molecule has 1 aromatic carbocycles. The van der Waals surface area contributed by atoms with Crippen molar-refractivity contribution in [2.75, 3.05) is 0 Å². The zero-order chi connectivity index (χ0) is 14.0. The summed E-state index contributed by atoms with van der Waals surface area (Å²) in [4.78, 5) is 0. The van der Waals surface area contributed by atoms with Gasteiger partial charge in [-0.2, -0.15) is 5.10 Å². The lowest BCUT2D eigenvalue weighted by atomic mass is 10.3. The van der Waals surface area contributed by atoms with Crippen LogP contribution >= 0.6 is 23.8 Å². The minimum Gasteiger partial charge on any atom is -0.481 e. The van der Waals surface area contributed by atoms with Crippen LogP contribution in [0.2, 0.25) is 5.02 Å². The number of rotatable bonds is 4. The maximum atomic E-state index is 13.0. The largest absolute Gasteiger partial charge is 0.481 e. The van der Waals surface area contributed by atoms with Crippen LogP contribution in [0.15, 0.2) is 18.2 Å². The predicted molar refractivity (Wildman–Crippen MR) is 73.5 cm³/mol. The van der Waals surface area contributed by atoms with E-state index >= 15 is 0 Å². The summed E-state index contributed by atoms with van der Waals surface area (Å²) >= 11 is 11.0. The van der Waals surface area contributed by atoms with Crippen LogP contribution < -0.4 is 4.74 Å². The molecule has 0 amide bonds. The maximum Gasteiger partial charge on any atom is 0.195 e. The fraction of sp³-hybridized carbons (Fsp3) is 0.333. The molecule has 7 heteroatoms. The van der Waals surface area contributed by atoms with Gasteiger partial charge < -0.3 is 9.30 Å². The third kappa shape index (κ3) is 2.96. The number of aromatic amines is 1. The average Bonchev–Trinajstić information content (AvgIpc) is 2.74. The summed E-state index contributed by atoms with van der Waals surface area (Å²) < 4.78 is 21.0. The molecule has 19 heavy (non-hydrogen) atoms. The molecule has 0 fully saturated rings. The third-order valence-electron chi connectivity index (χ3n) is 2.67. The lowest BCUT2D eigenvalue weighted by Crippen LogP contribution is -2.11. The Hall–Kier alpha value is -1.40. The lowest BCUT2D eigenvalue weighted by molar-refractivity contribution is 0.210. The molecule has 0 spiro atoms. The summed E-state index contributed by atoms with van der Waals surface area (Å²) in [6.07, 6.45) is -0.351. The number of hydrogen-bond acceptors (Lipinski definition) is 3. The first-order chi connectivity index (χ1) is 9.02. The van der Waals surface area contributed by atoms with E-state index in [1.807, 2.05) is 18.4 Å². The SMILES string of the molecule is CCn1c(C(C)Oc2ccc(F)cc2Cl)n[nH]c1=S. The minimum atomic E-state index is -0.402. The van der Waals surface area contributed by atoms with Crippen molar-refractivity contribution in [3.8, 4) is 5.75 Å². The monoisotopic (exact) mass is 301 g/mol. The Labute approximate surface area is 120 Å². The predicted octanol–water partition coefficient (Wildman–Crippen LogP) is 3.89. The topological polar surface area (TPSA) is 42.8 Å². The van der Waals surface area contributed by atoms with Crippen molar-refractivity contribution >= 4 is 23.8 Å². The van der Waals surface area contributed by atoms with Gasteiger partial charge in [0, 0.05) is 6.54 Å². The smallest absolute Gasteiger partial charge is 0.195 e. The number of H-pyrrole nitrogens is 1. The van der Waals surface area contributed by atoms with Gasteiger partial charge in [-0.3, -0.25) is 5.10 Å². The molecule has 0 aliphatic heterocycles. The van der Waals surface area contributed by atoms with E-state index in [1.165, 1.54) is 18.2 Å². The molecular formula is C12H13ClFN3OS. The van der Waals surface area contributed by atoms with E-state index in [0.29, 0.717) is 22.9 Å². The average molecular weight is 302 g/mol. The zero-order valence-electron chi connectivity index (χ0n) is 10.5. The van der Waals surface area contributed by atoms with Gasteiger partial charge in [0.15, 0.2) is 16.7 Å². The fourth-order valence-electron chi connectivity index (χ4n) is 1.76. The molecule has 0 saturated heterocycles. The van der Waals surface area contributed by atoms with Crippen LogP contribution in [0.1, 0.15) is 25.8 Å². The number of benzene rings is 1. The molecule has 1 aromatic heterocycles. The number of halogens is 2. The Morgan fingerprint density at radius 2 is 2.32 bits per heavy atom. The van der Waals surface area contributed by atoms with E-state index in [-0.39, 0.29) is 11.1 Å². The van der Waals surface area contributed by atoms with Gasteiger partial charge in [-0.05, 0) is 44.3 Å². The van der Waals surface area contributed by atoms with Crippen LogP contribution in [0.25, 0.3) is 0 Å². The summed E-state index contributed by atoms with van der Waals surface area (Å²) in [6, 6.07) is 4.00. The first-order valence-electron chi connectivity index (χ1n) is 5.79. The van der Waals surface area contributed by atoms with E-state index in [1.54, 1.807) is 0 Å². The fourth-order valence-corrected chi connectivity index (χ4v) is 2.24. The van der Waals surface area contributed by atoms with Crippen molar-refractivity contribution in [3.05, 3.63) is 39.6 Å². The number of nitrogens with zero attached hydrogens (tertiary/aromatic N) is 2. The van der Waals surface area contributed by atoms with Gasteiger partial charge in [0.25, 0.3) is 0 Å². The zero-order valence-corrected chi connectivity index (χ0v) is 12.1. The first-order valence-corrected chi connectivity index (χ1v) is 6.58. The summed E-state index contributed by atoms with van der Waals surface area (Å²) in [5.41, 5.74) is 0. The van der Waals surface area contributed by atoms with Gasteiger partial charge in [-0.15, -0.1) is 0 Å². The highest BCUT2D eigenvalue weighted by atomic mass is 35.5. The first kappa shape index (κ1) is 14.0. The van der Waals surface area contributed by atoms with Crippen LogP contribution in [0.3, 0.4) is 0 Å². The van der Waals surface area contributed by atoms with Gasteiger partial charge in [0.2, 0.25) is 0 Å². The van der Waals surface area contributed by atoms with E-state index in [0.717, 1.165) is 0 Å². The molecule has 0 radical (unpaired) electrons. The van der Waals surface area contributed by atoms with Gasteiger partial charge in [-0.25, -0.2) is 4.39 Å². The quantitative estimate of drug-likeness (QED) is 0.871. The summed E-state index contributed by atoms with van der Waals surface area (Å²) in [6.45, 7) is 4.48. The number of ether oxygens (including phenoxy) is 1. The molecule has 0 aliphatic rings. The number of hydrogen-bond donors (Lipinski definition) is 1. The van der Waals surface area contributed by atoms with E-state index in [2.05, 4.69) is 10.2 Å². The van der Waals surface area contributed by atoms with Crippen LogP contribution in [0.5, 0.6) is 5.75 Å². The van der Waals surface area contributed by atoms with E-state index in [9.17, 15) is 4.39 Å². The highest BCUT2D eigenvalue weighted by molar-refractivity contribution is 7.71. The van der Waals surface area contributed by atoms with Gasteiger partial charge >= 0.3 is 0 Å². The maximum absolute atomic E-state index is 13.0. The Morgan fingerprint density at radius 1 is 1.58 bits per heavy atom. The standard InChI is InChI=1S/C12H13ClFN3OS/c1-3-17-11(15-16-12(17)19)7(2)18-10-5-4-8(14)6-9(10)13/h4-7H,3H2,1-2H3,(H,16,19). The van der Waals surface area contributed by atoms with Crippen LogP contribution in [-0.4, -0.2) is 14.8 Å².